The lowest BCUT2D eigenvalue weighted by atomic mass is 10.1. The zero-order valence-corrected chi connectivity index (χ0v) is 17.8. The maximum Gasteiger partial charge on any atom is 0.332 e. The van der Waals surface area contributed by atoms with Crippen molar-refractivity contribution in [2.75, 3.05) is 11.4 Å². The molecule has 0 spiro atoms. The van der Waals surface area contributed by atoms with E-state index in [9.17, 15) is 9.59 Å². The zero-order chi connectivity index (χ0) is 20.9. The third-order valence-electron chi connectivity index (χ3n) is 5.78. The van der Waals surface area contributed by atoms with E-state index < -0.39 is 0 Å². The first kappa shape index (κ1) is 19.5. The summed E-state index contributed by atoms with van der Waals surface area (Å²) < 4.78 is 4.89. The van der Waals surface area contributed by atoms with E-state index >= 15 is 0 Å². The largest absolute Gasteiger partial charge is 0.332 e. The van der Waals surface area contributed by atoms with Gasteiger partial charge in [0.25, 0.3) is 5.56 Å². The Morgan fingerprint density at radius 2 is 1.90 bits per heavy atom. The van der Waals surface area contributed by atoms with Crippen molar-refractivity contribution in [1.29, 1.82) is 0 Å². The Kier molecular flexibility index (Phi) is 4.84. The minimum Gasteiger partial charge on any atom is -0.311 e. The Labute approximate surface area is 170 Å². The van der Waals surface area contributed by atoms with Gasteiger partial charge in [-0.05, 0) is 36.8 Å². The van der Waals surface area contributed by atoms with E-state index in [2.05, 4.69) is 44.7 Å². The van der Waals surface area contributed by atoms with E-state index in [4.69, 9.17) is 4.98 Å². The van der Waals surface area contributed by atoms with Crippen molar-refractivity contribution in [3.63, 3.8) is 0 Å². The van der Waals surface area contributed by atoms with Crippen LogP contribution in [0.1, 0.15) is 32.8 Å². The quantitative estimate of drug-likeness (QED) is 0.681. The molecule has 4 rings (SSSR count). The smallest absolute Gasteiger partial charge is 0.311 e. The number of aryl methyl sites for hydroxylation is 2. The van der Waals surface area contributed by atoms with Crippen LogP contribution in [0.4, 0.5) is 11.6 Å². The van der Waals surface area contributed by atoms with Crippen molar-refractivity contribution >= 4 is 22.8 Å². The van der Waals surface area contributed by atoms with Crippen LogP contribution in [-0.4, -0.2) is 25.2 Å². The average molecular weight is 396 g/mol. The highest BCUT2D eigenvalue weighted by Crippen LogP contribution is 2.34. The molecule has 3 heterocycles. The van der Waals surface area contributed by atoms with Gasteiger partial charge in [0.15, 0.2) is 11.2 Å². The first-order valence-electron chi connectivity index (χ1n) is 10.3. The normalized spacial score (nSPS) is 16.6. The molecule has 0 saturated carbocycles. The van der Waals surface area contributed by atoms with Crippen molar-refractivity contribution in [3.8, 4) is 0 Å². The molecule has 0 saturated heterocycles. The monoisotopic (exact) mass is 395 g/mol. The van der Waals surface area contributed by atoms with Gasteiger partial charge in [0.05, 0.1) is 0 Å². The third kappa shape index (κ3) is 3.18. The fourth-order valence-corrected chi connectivity index (χ4v) is 4.16. The molecule has 7 heteroatoms. The van der Waals surface area contributed by atoms with Gasteiger partial charge in [-0.2, -0.15) is 4.98 Å². The molecule has 154 valence electrons. The number of anilines is 2. The minimum absolute atomic E-state index is 0.235. The molecule has 0 N–H and O–H groups in total. The molecule has 1 aromatic carbocycles. The van der Waals surface area contributed by atoms with Gasteiger partial charge in [-0.25, -0.2) is 4.79 Å². The second-order valence-electron chi connectivity index (χ2n) is 8.68. The predicted molar refractivity (Wildman–Crippen MR) is 116 cm³/mol. The highest BCUT2D eigenvalue weighted by molar-refractivity contribution is 5.77. The third-order valence-corrected chi connectivity index (χ3v) is 5.78. The zero-order valence-electron chi connectivity index (χ0n) is 17.8. The number of hydrogen-bond donors (Lipinski definition) is 0. The van der Waals surface area contributed by atoms with Crippen LogP contribution in [-0.2, 0) is 20.1 Å². The molecule has 0 fully saturated rings. The van der Waals surface area contributed by atoms with E-state index in [0.29, 0.717) is 36.1 Å². The van der Waals surface area contributed by atoms with Crippen molar-refractivity contribution in [1.82, 2.24) is 18.7 Å². The van der Waals surface area contributed by atoms with Crippen LogP contribution in [0, 0.1) is 18.8 Å². The Morgan fingerprint density at radius 1 is 1.17 bits per heavy atom. The Morgan fingerprint density at radius 3 is 2.59 bits per heavy atom. The van der Waals surface area contributed by atoms with Crippen molar-refractivity contribution in [3.05, 3.63) is 50.7 Å². The van der Waals surface area contributed by atoms with Crippen LogP contribution < -0.4 is 16.1 Å². The summed E-state index contributed by atoms with van der Waals surface area (Å²) in [5.74, 6) is 1.50. The van der Waals surface area contributed by atoms with Gasteiger partial charge in [0.1, 0.15) is 0 Å². The van der Waals surface area contributed by atoms with E-state index in [1.807, 2.05) is 16.7 Å². The highest BCUT2D eigenvalue weighted by Gasteiger charge is 2.30. The summed E-state index contributed by atoms with van der Waals surface area (Å²) in [6.07, 6.45) is 0.785. The summed E-state index contributed by atoms with van der Waals surface area (Å²) in [6.45, 7) is 10.4. The molecular formula is C22H29N5O2. The van der Waals surface area contributed by atoms with Crippen LogP contribution in [0.2, 0.25) is 0 Å². The van der Waals surface area contributed by atoms with Crippen LogP contribution >= 0.6 is 0 Å². The molecule has 0 aliphatic carbocycles. The topological polar surface area (TPSA) is 65.1 Å². The highest BCUT2D eigenvalue weighted by atomic mass is 16.2. The predicted octanol–water partition coefficient (Wildman–Crippen LogP) is 3.04. The van der Waals surface area contributed by atoms with Gasteiger partial charge in [-0.15, -0.1) is 0 Å². The fraction of sp³-hybridized carbons (Fsp3) is 0.500. The van der Waals surface area contributed by atoms with Crippen LogP contribution in [0.5, 0.6) is 0 Å². The molecule has 7 nitrogen and oxygen atoms in total. The standard InChI is InChI=1S/C22H29N5O2/c1-14(2)10-11-25-20(28)18-19(24(5)22(25)29)23-21-26(12-15(3)13-27(18)21)17-9-7-6-8-16(17)4/h6-9,14-15H,10-13H2,1-5H3. The number of benzene rings is 1. The molecule has 1 aliphatic rings. The lowest BCUT2D eigenvalue weighted by Gasteiger charge is -2.33. The number of imidazole rings is 1. The van der Waals surface area contributed by atoms with Crippen molar-refractivity contribution in [2.45, 2.75) is 47.2 Å². The van der Waals surface area contributed by atoms with Crippen LogP contribution in [0.25, 0.3) is 11.2 Å². The van der Waals surface area contributed by atoms with Gasteiger partial charge >= 0.3 is 5.69 Å². The van der Waals surface area contributed by atoms with Gasteiger partial charge in [-0.1, -0.05) is 39.0 Å². The lowest BCUT2D eigenvalue weighted by Crippen LogP contribution is -2.40. The number of rotatable bonds is 4. The van der Waals surface area contributed by atoms with Gasteiger partial charge < -0.3 is 9.47 Å². The average Bonchev–Trinajstić information content (AvgIpc) is 3.05. The lowest BCUT2D eigenvalue weighted by molar-refractivity contribution is 0.455. The summed E-state index contributed by atoms with van der Waals surface area (Å²) in [7, 11) is 1.70. The maximum absolute atomic E-state index is 13.3. The molecular weight excluding hydrogens is 366 g/mol. The first-order chi connectivity index (χ1) is 13.8. The molecule has 1 aliphatic heterocycles. The van der Waals surface area contributed by atoms with Crippen LogP contribution in [0.15, 0.2) is 33.9 Å². The first-order valence-corrected chi connectivity index (χ1v) is 10.3. The second kappa shape index (κ2) is 7.21. The summed E-state index contributed by atoms with van der Waals surface area (Å²) in [6, 6.07) is 8.20. The molecule has 1 unspecified atom stereocenters. The molecule has 3 aromatic rings. The SMILES string of the molecule is Cc1ccccc1N1CC(C)Cn2c1nc1c2c(=O)n(CCC(C)C)c(=O)n1C. The summed E-state index contributed by atoms with van der Waals surface area (Å²) in [4.78, 5) is 33.2. The van der Waals surface area contributed by atoms with E-state index in [1.54, 1.807) is 7.05 Å². The molecule has 2 aromatic heterocycles. The van der Waals surface area contributed by atoms with Gasteiger partial charge in [-0.3, -0.25) is 13.9 Å². The summed E-state index contributed by atoms with van der Waals surface area (Å²) in [5.41, 5.74) is 2.69. The van der Waals surface area contributed by atoms with E-state index in [0.717, 1.165) is 30.2 Å². The van der Waals surface area contributed by atoms with E-state index in [-0.39, 0.29) is 11.2 Å². The number of fused-ring (bicyclic) bond motifs is 3. The maximum atomic E-state index is 13.3. The Balaban J connectivity index is 1.97. The minimum atomic E-state index is -0.297. The molecule has 29 heavy (non-hydrogen) atoms. The van der Waals surface area contributed by atoms with Gasteiger partial charge in [0.2, 0.25) is 5.95 Å². The fourth-order valence-electron chi connectivity index (χ4n) is 4.16. The summed E-state index contributed by atoms with van der Waals surface area (Å²) in [5, 5.41) is 0. The van der Waals surface area contributed by atoms with Crippen molar-refractivity contribution < 1.29 is 0 Å². The molecule has 1 atom stereocenters. The molecule has 0 bridgehead atoms. The summed E-state index contributed by atoms with van der Waals surface area (Å²) >= 11 is 0. The Hall–Kier alpha value is -2.83. The number of hydrogen-bond acceptors (Lipinski definition) is 4. The van der Waals surface area contributed by atoms with Gasteiger partial charge in [0, 0.05) is 32.4 Å². The molecule has 0 amide bonds. The van der Waals surface area contributed by atoms with Crippen LogP contribution in [0.3, 0.4) is 0 Å². The molecule has 0 radical (unpaired) electrons. The second-order valence-corrected chi connectivity index (χ2v) is 8.68. The number of para-hydroxylation sites is 1. The number of aromatic nitrogens is 4. The number of nitrogens with zero attached hydrogens (tertiary/aromatic N) is 5. The van der Waals surface area contributed by atoms with Crippen molar-refractivity contribution in [2.24, 2.45) is 18.9 Å². The van der Waals surface area contributed by atoms with E-state index in [1.165, 1.54) is 9.13 Å². The Bertz CT molecular complexity index is 1180.